The van der Waals surface area contributed by atoms with Gasteiger partial charge in [-0.15, -0.1) is 0 Å². The Labute approximate surface area is 98.1 Å². The maximum atomic E-state index is 11.8. The van der Waals surface area contributed by atoms with Gasteiger partial charge in [-0.3, -0.25) is 10.2 Å². The maximum Gasteiger partial charge on any atom is 0.250 e. The molecule has 1 aromatic carbocycles. The van der Waals surface area contributed by atoms with Crippen molar-refractivity contribution >= 4 is 17.5 Å². The number of aromatic nitrogens is 2. The monoisotopic (exact) mass is 226 g/mol. The zero-order valence-electron chi connectivity index (χ0n) is 9.00. The van der Waals surface area contributed by atoms with Gasteiger partial charge in [-0.2, -0.15) is 0 Å². The average Bonchev–Trinajstić information content (AvgIpc) is 2.68. The van der Waals surface area contributed by atoms with E-state index in [0.29, 0.717) is 12.4 Å². The Kier molecular flexibility index (Phi) is 2.22. The lowest BCUT2D eigenvalue weighted by atomic mass is 10.2. The number of nitrogens with one attached hydrogen (secondary N) is 1. The molecule has 0 saturated heterocycles. The predicted molar refractivity (Wildman–Crippen MR) is 63.3 cm³/mol. The molecule has 0 fully saturated rings. The van der Waals surface area contributed by atoms with Gasteiger partial charge < -0.3 is 0 Å². The third-order valence-corrected chi connectivity index (χ3v) is 2.60. The van der Waals surface area contributed by atoms with Gasteiger partial charge in [0.1, 0.15) is 0 Å². The smallest absolute Gasteiger partial charge is 0.250 e. The van der Waals surface area contributed by atoms with E-state index in [2.05, 4.69) is 15.4 Å². The van der Waals surface area contributed by atoms with Gasteiger partial charge in [0.15, 0.2) is 0 Å². The second-order valence-electron chi connectivity index (χ2n) is 3.72. The number of para-hydroxylation sites is 1. The van der Waals surface area contributed by atoms with Crippen LogP contribution in [0.3, 0.4) is 0 Å². The highest BCUT2D eigenvalue weighted by Gasteiger charge is 2.27. The number of fused-ring (bicyclic) bond motifs is 1. The normalized spacial score (nSPS) is 13.6. The number of hydrazine groups is 1. The van der Waals surface area contributed by atoms with Crippen molar-refractivity contribution in [3.05, 3.63) is 48.3 Å². The molecule has 84 valence electrons. The lowest BCUT2D eigenvalue weighted by Gasteiger charge is -2.17. The minimum Gasteiger partial charge on any atom is -0.272 e. The summed E-state index contributed by atoms with van der Waals surface area (Å²) in [5.74, 6) is 0.413. The molecule has 0 unspecified atom stereocenters. The van der Waals surface area contributed by atoms with Gasteiger partial charge in [-0.25, -0.2) is 15.0 Å². The van der Waals surface area contributed by atoms with E-state index in [0.717, 1.165) is 11.3 Å². The first-order chi connectivity index (χ1) is 8.34. The van der Waals surface area contributed by atoms with Crippen LogP contribution in [-0.4, -0.2) is 15.9 Å². The molecule has 0 radical (unpaired) electrons. The first-order valence-electron chi connectivity index (χ1n) is 5.29. The maximum absolute atomic E-state index is 11.8. The molecule has 5 heteroatoms. The molecule has 1 aliphatic heterocycles. The highest BCUT2D eigenvalue weighted by Crippen LogP contribution is 2.27. The number of hydrogen-bond acceptors (Lipinski definition) is 4. The minimum absolute atomic E-state index is 0.00125. The summed E-state index contributed by atoms with van der Waals surface area (Å²) in [6, 6.07) is 9.40. The van der Waals surface area contributed by atoms with Crippen LogP contribution in [0.25, 0.3) is 0 Å². The van der Waals surface area contributed by atoms with Crippen molar-refractivity contribution in [3.63, 3.8) is 0 Å². The van der Waals surface area contributed by atoms with Crippen molar-refractivity contribution in [2.45, 2.75) is 6.42 Å². The minimum atomic E-state index is -0.00125. The van der Waals surface area contributed by atoms with Crippen LogP contribution in [0, 0.1) is 0 Å². The SMILES string of the molecule is O=C1Cc2ccccc2N1Nc1ncccn1. The van der Waals surface area contributed by atoms with Gasteiger partial charge in [0.25, 0.3) is 0 Å². The lowest BCUT2D eigenvalue weighted by Crippen LogP contribution is -2.33. The first kappa shape index (κ1) is 9.77. The van der Waals surface area contributed by atoms with E-state index in [-0.39, 0.29) is 5.91 Å². The number of rotatable bonds is 2. The number of carbonyl (C=O) groups is 1. The molecular formula is C12H10N4O. The predicted octanol–water partition coefficient (Wildman–Crippen LogP) is 1.39. The van der Waals surface area contributed by atoms with Crippen LogP contribution in [0.2, 0.25) is 0 Å². The summed E-state index contributed by atoms with van der Waals surface area (Å²) in [5, 5.41) is 1.49. The fourth-order valence-corrected chi connectivity index (χ4v) is 1.83. The van der Waals surface area contributed by atoms with Gasteiger partial charge in [-0.05, 0) is 17.7 Å². The molecule has 0 bridgehead atoms. The Hall–Kier alpha value is -2.43. The molecular weight excluding hydrogens is 216 g/mol. The fourth-order valence-electron chi connectivity index (χ4n) is 1.83. The molecule has 1 aliphatic rings. The second kappa shape index (κ2) is 3.86. The third-order valence-electron chi connectivity index (χ3n) is 2.60. The van der Waals surface area contributed by atoms with Crippen molar-refractivity contribution in [1.29, 1.82) is 0 Å². The summed E-state index contributed by atoms with van der Waals surface area (Å²) in [6.45, 7) is 0. The molecule has 1 aromatic heterocycles. The van der Waals surface area contributed by atoms with E-state index < -0.39 is 0 Å². The summed E-state index contributed by atoms with van der Waals surface area (Å²) in [5.41, 5.74) is 4.79. The van der Waals surface area contributed by atoms with Gasteiger partial charge in [0, 0.05) is 12.4 Å². The van der Waals surface area contributed by atoms with Crippen LogP contribution in [-0.2, 0) is 11.2 Å². The summed E-state index contributed by atoms with van der Waals surface area (Å²) in [6.07, 6.45) is 3.67. The topological polar surface area (TPSA) is 58.1 Å². The zero-order valence-corrected chi connectivity index (χ0v) is 9.00. The molecule has 0 aliphatic carbocycles. The average molecular weight is 226 g/mol. The largest absolute Gasteiger partial charge is 0.272 e. The van der Waals surface area contributed by atoms with Crippen molar-refractivity contribution < 1.29 is 4.79 Å². The van der Waals surface area contributed by atoms with Crippen LogP contribution in [0.5, 0.6) is 0 Å². The quantitative estimate of drug-likeness (QED) is 0.840. The Bertz CT molecular complexity index is 555. The number of nitrogens with zero attached hydrogens (tertiary/aromatic N) is 3. The molecule has 0 saturated carbocycles. The highest BCUT2D eigenvalue weighted by molar-refractivity contribution is 6.02. The number of amides is 1. The molecule has 5 nitrogen and oxygen atoms in total. The van der Waals surface area contributed by atoms with E-state index in [1.807, 2.05) is 24.3 Å². The second-order valence-corrected chi connectivity index (χ2v) is 3.72. The van der Waals surface area contributed by atoms with Crippen LogP contribution in [0.1, 0.15) is 5.56 Å². The lowest BCUT2D eigenvalue weighted by molar-refractivity contribution is -0.117. The van der Waals surface area contributed by atoms with Gasteiger partial charge in [0.05, 0.1) is 12.1 Å². The molecule has 2 heterocycles. The van der Waals surface area contributed by atoms with Crippen LogP contribution < -0.4 is 10.4 Å². The van der Waals surface area contributed by atoms with Crippen molar-refractivity contribution in [1.82, 2.24) is 9.97 Å². The number of carbonyl (C=O) groups excluding carboxylic acids is 1. The zero-order chi connectivity index (χ0) is 11.7. The molecule has 17 heavy (non-hydrogen) atoms. The molecule has 3 rings (SSSR count). The first-order valence-corrected chi connectivity index (χ1v) is 5.29. The number of benzene rings is 1. The molecule has 1 amide bonds. The third kappa shape index (κ3) is 1.71. The van der Waals surface area contributed by atoms with Crippen molar-refractivity contribution in [3.8, 4) is 0 Å². The van der Waals surface area contributed by atoms with Crippen molar-refractivity contribution in [2.75, 3.05) is 10.4 Å². The Morgan fingerprint density at radius 3 is 2.71 bits per heavy atom. The van der Waals surface area contributed by atoms with Crippen LogP contribution in [0.15, 0.2) is 42.7 Å². The van der Waals surface area contributed by atoms with Gasteiger partial charge in [0.2, 0.25) is 11.9 Å². The summed E-state index contributed by atoms with van der Waals surface area (Å²) >= 11 is 0. The van der Waals surface area contributed by atoms with E-state index >= 15 is 0 Å². The molecule has 1 N–H and O–H groups in total. The fraction of sp³-hybridized carbons (Fsp3) is 0.0833. The van der Waals surface area contributed by atoms with E-state index in [4.69, 9.17) is 0 Å². The Balaban J connectivity index is 1.92. The Morgan fingerprint density at radius 1 is 1.12 bits per heavy atom. The van der Waals surface area contributed by atoms with Crippen molar-refractivity contribution in [2.24, 2.45) is 0 Å². The molecule has 0 atom stereocenters. The standard InChI is InChI=1S/C12H10N4O/c17-11-8-9-4-1-2-5-10(9)16(11)15-12-13-6-3-7-14-12/h1-7H,8H2,(H,13,14,15). The highest BCUT2D eigenvalue weighted by atomic mass is 16.2. The van der Waals surface area contributed by atoms with E-state index in [9.17, 15) is 4.79 Å². The summed E-state index contributed by atoms with van der Waals surface area (Å²) in [7, 11) is 0. The molecule has 0 spiro atoms. The van der Waals surface area contributed by atoms with E-state index in [1.54, 1.807) is 18.5 Å². The van der Waals surface area contributed by atoms with Crippen LogP contribution in [0.4, 0.5) is 11.6 Å². The van der Waals surface area contributed by atoms with Crippen LogP contribution >= 0.6 is 0 Å². The summed E-state index contributed by atoms with van der Waals surface area (Å²) < 4.78 is 0. The summed E-state index contributed by atoms with van der Waals surface area (Å²) in [4.78, 5) is 19.9. The Morgan fingerprint density at radius 2 is 1.88 bits per heavy atom. The number of hydrogen-bond donors (Lipinski definition) is 1. The van der Waals surface area contributed by atoms with Gasteiger partial charge in [-0.1, -0.05) is 18.2 Å². The van der Waals surface area contributed by atoms with E-state index in [1.165, 1.54) is 5.01 Å². The van der Waals surface area contributed by atoms with Gasteiger partial charge >= 0.3 is 0 Å². The number of anilines is 2. The molecule has 2 aromatic rings.